The van der Waals surface area contributed by atoms with Crippen molar-refractivity contribution in [2.24, 2.45) is 0 Å². The maximum absolute atomic E-state index is 13.1. The molecule has 0 saturated carbocycles. The highest BCUT2D eigenvalue weighted by Crippen LogP contribution is 2.24. The number of anilines is 1. The number of amides is 1. The second kappa shape index (κ2) is 10.9. The van der Waals surface area contributed by atoms with Gasteiger partial charge >= 0.3 is 0 Å². The molecule has 0 aliphatic carbocycles. The largest absolute Gasteiger partial charge is 0.497 e. The number of hydrogen-bond donors (Lipinski definition) is 1. The molecule has 1 saturated heterocycles. The molecule has 7 heteroatoms. The molecule has 162 valence electrons. The first-order chi connectivity index (χ1) is 14.7. The molecule has 2 aromatic rings. The summed E-state index contributed by atoms with van der Waals surface area (Å²) in [4.78, 5) is 22.0. The van der Waals surface area contributed by atoms with Crippen molar-refractivity contribution in [3.8, 4) is 5.75 Å². The summed E-state index contributed by atoms with van der Waals surface area (Å²) >= 11 is 0. The van der Waals surface area contributed by atoms with Gasteiger partial charge in [0.25, 0.3) is 5.91 Å². The molecule has 1 fully saturated rings. The van der Waals surface area contributed by atoms with Crippen LogP contribution in [0.15, 0.2) is 42.6 Å². The first-order valence-corrected chi connectivity index (χ1v) is 10.6. The van der Waals surface area contributed by atoms with E-state index in [4.69, 9.17) is 9.47 Å². The number of ether oxygens (including phenoxy) is 2. The molecule has 30 heavy (non-hydrogen) atoms. The van der Waals surface area contributed by atoms with E-state index in [2.05, 4.69) is 40.0 Å². The first kappa shape index (κ1) is 22.1. The highest BCUT2D eigenvalue weighted by molar-refractivity contribution is 5.98. The lowest BCUT2D eigenvalue weighted by molar-refractivity contribution is 0.0933. The zero-order valence-electron chi connectivity index (χ0n) is 18.1. The molecule has 1 aromatic carbocycles. The molecule has 0 spiro atoms. The zero-order valence-corrected chi connectivity index (χ0v) is 18.1. The molecular formula is C23H32N4O3. The van der Waals surface area contributed by atoms with Gasteiger partial charge in [0, 0.05) is 25.8 Å². The van der Waals surface area contributed by atoms with Crippen LogP contribution in [0, 0.1) is 0 Å². The third-order valence-electron chi connectivity index (χ3n) is 5.53. The number of hydrogen-bond acceptors (Lipinski definition) is 6. The molecule has 1 amide bonds. The van der Waals surface area contributed by atoms with E-state index in [0.717, 1.165) is 43.3 Å². The third-order valence-corrected chi connectivity index (χ3v) is 5.53. The van der Waals surface area contributed by atoms with E-state index in [-0.39, 0.29) is 11.9 Å². The number of benzene rings is 1. The van der Waals surface area contributed by atoms with E-state index in [1.807, 2.05) is 30.3 Å². The van der Waals surface area contributed by atoms with Crippen LogP contribution in [0.4, 0.5) is 5.82 Å². The van der Waals surface area contributed by atoms with Crippen LogP contribution in [0.2, 0.25) is 0 Å². The van der Waals surface area contributed by atoms with Crippen LogP contribution in [0.5, 0.6) is 5.75 Å². The average molecular weight is 413 g/mol. The maximum Gasteiger partial charge on any atom is 0.255 e. The number of nitrogens with zero attached hydrogens (tertiary/aromatic N) is 3. The lowest BCUT2D eigenvalue weighted by Crippen LogP contribution is -2.40. The number of rotatable bonds is 9. The third kappa shape index (κ3) is 5.29. The van der Waals surface area contributed by atoms with Gasteiger partial charge in [-0.25, -0.2) is 4.98 Å². The average Bonchev–Trinajstić information content (AvgIpc) is 2.82. The number of carbonyl (C=O) groups is 1. The topological polar surface area (TPSA) is 66.9 Å². The van der Waals surface area contributed by atoms with Crippen molar-refractivity contribution in [3.05, 3.63) is 53.7 Å². The summed E-state index contributed by atoms with van der Waals surface area (Å²) in [5.74, 6) is 1.43. The van der Waals surface area contributed by atoms with Gasteiger partial charge in [-0.15, -0.1) is 0 Å². The molecule has 0 bridgehead atoms. The van der Waals surface area contributed by atoms with E-state index in [0.29, 0.717) is 25.3 Å². The highest BCUT2D eigenvalue weighted by Gasteiger charge is 2.23. The second-order valence-electron chi connectivity index (χ2n) is 7.20. The van der Waals surface area contributed by atoms with Gasteiger partial charge in [-0.3, -0.25) is 9.69 Å². The normalized spacial score (nSPS) is 15.1. The van der Waals surface area contributed by atoms with Crippen LogP contribution in [-0.2, 0) is 4.74 Å². The Morgan fingerprint density at radius 3 is 2.70 bits per heavy atom. The number of methoxy groups -OCH3 is 1. The number of aromatic nitrogens is 1. The molecule has 1 N–H and O–H groups in total. The summed E-state index contributed by atoms with van der Waals surface area (Å²) in [7, 11) is 1.67. The zero-order chi connectivity index (χ0) is 21.3. The smallest absolute Gasteiger partial charge is 0.255 e. The molecule has 1 aliphatic rings. The van der Waals surface area contributed by atoms with Gasteiger partial charge in [0.05, 0.1) is 31.9 Å². The van der Waals surface area contributed by atoms with Crippen LogP contribution >= 0.6 is 0 Å². The predicted molar refractivity (Wildman–Crippen MR) is 118 cm³/mol. The SMILES string of the molecule is CCN(CC)C(CNC(=O)c1cccnc1N1CCOCC1)c1cccc(OC)c1. The summed E-state index contributed by atoms with van der Waals surface area (Å²) in [6.45, 7) is 9.33. The molecule has 0 radical (unpaired) electrons. The van der Waals surface area contributed by atoms with Crippen LogP contribution in [0.3, 0.4) is 0 Å². The number of pyridine rings is 1. The fourth-order valence-corrected chi connectivity index (χ4v) is 3.86. The molecule has 2 heterocycles. The standard InChI is InChI=1S/C23H32N4O3/c1-4-26(5-2)21(18-8-6-9-19(16-18)29-3)17-25-23(28)20-10-7-11-24-22(20)27-12-14-30-15-13-27/h6-11,16,21H,4-5,12-15,17H2,1-3H3,(H,25,28). The highest BCUT2D eigenvalue weighted by atomic mass is 16.5. The van der Waals surface area contributed by atoms with Crippen LogP contribution in [0.25, 0.3) is 0 Å². The fourth-order valence-electron chi connectivity index (χ4n) is 3.86. The number of nitrogens with one attached hydrogen (secondary N) is 1. The summed E-state index contributed by atoms with van der Waals surface area (Å²) < 4.78 is 10.8. The van der Waals surface area contributed by atoms with Gasteiger partial charge in [0.15, 0.2) is 0 Å². The Hall–Kier alpha value is -2.64. The molecule has 3 rings (SSSR count). The van der Waals surface area contributed by atoms with Crippen molar-refractivity contribution in [2.75, 3.05) is 57.9 Å². The molecule has 1 aliphatic heterocycles. The Balaban J connectivity index is 1.78. The fraction of sp³-hybridized carbons (Fsp3) is 0.478. The minimum atomic E-state index is -0.107. The minimum absolute atomic E-state index is 0.0579. The Morgan fingerprint density at radius 1 is 1.23 bits per heavy atom. The lowest BCUT2D eigenvalue weighted by Gasteiger charge is -2.31. The van der Waals surface area contributed by atoms with Crippen molar-refractivity contribution in [3.63, 3.8) is 0 Å². The predicted octanol–water partition coefficient (Wildman–Crippen LogP) is 2.74. The summed E-state index contributed by atoms with van der Waals surface area (Å²) in [6.07, 6.45) is 1.73. The quantitative estimate of drug-likeness (QED) is 0.683. The van der Waals surface area contributed by atoms with E-state index in [9.17, 15) is 4.79 Å². The van der Waals surface area contributed by atoms with Crippen molar-refractivity contribution in [2.45, 2.75) is 19.9 Å². The lowest BCUT2D eigenvalue weighted by atomic mass is 10.0. The van der Waals surface area contributed by atoms with Crippen molar-refractivity contribution in [1.29, 1.82) is 0 Å². The number of carbonyl (C=O) groups excluding carboxylic acids is 1. The Bertz CT molecular complexity index is 820. The van der Waals surface area contributed by atoms with E-state index in [1.54, 1.807) is 13.3 Å². The van der Waals surface area contributed by atoms with Crippen LogP contribution < -0.4 is 15.0 Å². The van der Waals surface area contributed by atoms with Crippen LogP contribution in [0.1, 0.15) is 35.8 Å². The van der Waals surface area contributed by atoms with E-state index >= 15 is 0 Å². The summed E-state index contributed by atoms with van der Waals surface area (Å²) in [6, 6.07) is 11.8. The number of morpholine rings is 1. The number of likely N-dealkylation sites (N-methyl/N-ethyl adjacent to an activating group) is 1. The van der Waals surface area contributed by atoms with Crippen molar-refractivity contribution in [1.82, 2.24) is 15.2 Å². The van der Waals surface area contributed by atoms with Gasteiger partial charge in [0.2, 0.25) is 0 Å². The molecule has 1 aromatic heterocycles. The molecule has 1 atom stereocenters. The molecular weight excluding hydrogens is 380 g/mol. The summed E-state index contributed by atoms with van der Waals surface area (Å²) in [5.41, 5.74) is 1.72. The van der Waals surface area contributed by atoms with Gasteiger partial charge in [-0.1, -0.05) is 26.0 Å². The minimum Gasteiger partial charge on any atom is -0.497 e. The van der Waals surface area contributed by atoms with Gasteiger partial charge in [-0.05, 0) is 42.9 Å². The monoisotopic (exact) mass is 412 g/mol. The Morgan fingerprint density at radius 2 is 2.00 bits per heavy atom. The van der Waals surface area contributed by atoms with E-state index in [1.165, 1.54) is 0 Å². The Labute approximate surface area is 179 Å². The van der Waals surface area contributed by atoms with E-state index < -0.39 is 0 Å². The molecule has 1 unspecified atom stereocenters. The van der Waals surface area contributed by atoms with Crippen LogP contribution in [-0.4, -0.2) is 68.8 Å². The molecule has 7 nitrogen and oxygen atoms in total. The van der Waals surface area contributed by atoms with Gasteiger partial charge < -0.3 is 19.7 Å². The first-order valence-electron chi connectivity index (χ1n) is 10.6. The summed E-state index contributed by atoms with van der Waals surface area (Å²) in [5, 5.41) is 3.14. The van der Waals surface area contributed by atoms with Crippen molar-refractivity contribution < 1.29 is 14.3 Å². The second-order valence-corrected chi connectivity index (χ2v) is 7.20. The Kier molecular flexibility index (Phi) is 8.04. The van der Waals surface area contributed by atoms with Gasteiger partial charge in [-0.2, -0.15) is 0 Å². The van der Waals surface area contributed by atoms with Gasteiger partial charge in [0.1, 0.15) is 11.6 Å². The maximum atomic E-state index is 13.1. The van der Waals surface area contributed by atoms with Crippen molar-refractivity contribution >= 4 is 11.7 Å².